The minimum atomic E-state index is -0.815. The third kappa shape index (κ3) is 2.68. The van der Waals surface area contributed by atoms with Gasteiger partial charge in [-0.1, -0.05) is 0 Å². The molecule has 0 aliphatic heterocycles. The number of rotatable bonds is 5. The van der Waals surface area contributed by atoms with Crippen molar-refractivity contribution in [2.45, 2.75) is 13.0 Å². The monoisotopic (exact) mass is 246 g/mol. The highest BCUT2D eigenvalue weighted by atomic mass is 16.5. The number of aromatic nitrogens is 2. The lowest BCUT2D eigenvalue weighted by molar-refractivity contribution is -0.137. The van der Waals surface area contributed by atoms with Crippen LogP contribution in [-0.4, -0.2) is 27.7 Å². The molecule has 0 fully saturated rings. The Balaban J connectivity index is 2.21. The maximum Gasteiger partial charge on any atom is 0.305 e. The first kappa shape index (κ1) is 12.2. The number of hydrogen-bond acceptors (Lipinski definition) is 3. The number of carboxylic acid groups (broad SMARTS) is 1. The van der Waals surface area contributed by atoms with Gasteiger partial charge in [0.15, 0.2) is 0 Å². The van der Waals surface area contributed by atoms with Crippen LogP contribution in [0.2, 0.25) is 0 Å². The largest absolute Gasteiger partial charge is 0.497 e. The van der Waals surface area contributed by atoms with Gasteiger partial charge >= 0.3 is 5.97 Å². The SMILES string of the molecule is COc1ccc(-c2nccn2CCC(=O)O)cc1. The Kier molecular flexibility index (Phi) is 3.62. The molecule has 0 aliphatic carbocycles. The number of methoxy groups -OCH3 is 1. The smallest absolute Gasteiger partial charge is 0.305 e. The summed E-state index contributed by atoms with van der Waals surface area (Å²) in [5, 5.41) is 8.69. The predicted octanol–water partition coefficient (Wildman–Crippen LogP) is 2.03. The van der Waals surface area contributed by atoms with Crippen molar-refractivity contribution in [1.29, 1.82) is 0 Å². The Hall–Kier alpha value is -2.30. The van der Waals surface area contributed by atoms with Crippen LogP contribution in [0.3, 0.4) is 0 Å². The van der Waals surface area contributed by atoms with Gasteiger partial charge in [-0.3, -0.25) is 4.79 Å². The predicted molar refractivity (Wildman–Crippen MR) is 66.5 cm³/mol. The second-order valence-electron chi connectivity index (χ2n) is 3.82. The molecule has 0 atom stereocenters. The summed E-state index contributed by atoms with van der Waals surface area (Å²) in [7, 11) is 1.61. The van der Waals surface area contributed by atoms with Crippen LogP contribution in [0.15, 0.2) is 36.7 Å². The fourth-order valence-electron chi connectivity index (χ4n) is 1.71. The van der Waals surface area contributed by atoms with Crippen LogP contribution in [-0.2, 0) is 11.3 Å². The maximum atomic E-state index is 10.6. The third-order valence-electron chi connectivity index (χ3n) is 2.63. The number of benzene rings is 1. The highest BCUT2D eigenvalue weighted by Crippen LogP contribution is 2.21. The quantitative estimate of drug-likeness (QED) is 0.876. The standard InChI is InChI=1S/C13H14N2O3/c1-18-11-4-2-10(3-5-11)13-14-7-9-15(13)8-6-12(16)17/h2-5,7,9H,6,8H2,1H3,(H,16,17). The molecule has 0 saturated carbocycles. The topological polar surface area (TPSA) is 64.4 Å². The first-order chi connectivity index (χ1) is 8.70. The number of imidazole rings is 1. The second kappa shape index (κ2) is 5.35. The molecule has 5 nitrogen and oxygen atoms in total. The molecule has 1 aromatic heterocycles. The Morgan fingerprint density at radius 1 is 1.39 bits per heavy atom. The van der Waals surface area contributed by atoms with Crippen LogP contribution in [0, 0.1) is 0 Å². The van der Waals surface area contributed by atoms with Gasteiger partial charge in [0.1, 0.15) is 11.6 Å². The molecule has 0 bridgehead atoms. The van der Waals surface area contributed by atoms with Crippen molar-refractivity contribution < 1.29 is 14.6 Å². The highest BCUT2D eigenvalue weighted by molar-refractivity contribution is 5.66. The lowest BCUT2D eigenvalue weighted by Crippen LogP contribution is -2.05. The van der Waals surface area contributed by atoms with Crippen LogP contribution in [0.25, 0.3) is 11.4 Å². The number of nitrogens with zero attached hydrogens (tertiary/aromatic N) is 2. The molecule has 0 spiro atoms. The van der Waals surface area contributed by atoms with E-state index in [2.05, 4.69) is 4.98 Å². The van der Waals surface area contributed by atoms with Crippen molar-refractivity contribution in [2.24, 2.45) is 0 Å². The number of ether oxygens (including phenoxy) is 1. The normalized spacial score (nSPS) is 10.3. The summed E-state index contributed by atoms with van der Waals surface area (Å²) in [6.45, 7) is 0.413. The van der Waals surface area contributed by atoms with Crippen LogP contribution < -0.4 is 4.74 Å². The summed E-state index contributed by atoms with van der Waals surface area (Å²) >= 11 is 0. The van der Waals surface area contributed by atoms with Crippen LogP contribution >= 0.6 is 0 Å². The molecule has 0 unspecified atom stereocenters. The van der Waals surface area contributed by atoms with E-state index in [1.165, 1.54) is 0 Å². The lowest BCUT2D eigenvalue weighted by Gasteiger charge is -2.07. The van der Waals surface area contributed by atoms with E-state index >= 15 is 0 Å². The van der Waals surface area contributed by atoms with Gasteiger partial charge in [-0.2, -0.15) is 0 Å². The van der Waals surface area contributed by atoms with E-state index in [1.807, 2.05) is 28.8 Å². The average molecular weight is 246 g/mol. The number of carbonyl (C=O) groups is 1. The number of aryl methyl sites for hydroxylation is 1. The lowest BCUT2D eigenvalue weighted by atomic mass is 10.2. The zero-order valence-electron chi connectivity index (χ0n) is 10.0. The van der Waals surface area contributed by atoms with E-state index in [9.17, 15) is 4.79 Å². The van der Waals surface area contributed by atoms with Crippen molar-refractivity contribution in [3.05, 3.63) is 36.7 Å². The summed E-state index contributed by atoms with van der Waals surface area (Å²) in [6, 6.07) is 7.51. The Labute approximate surface area is 105 Å². The molecular formula is C13H14N2O3. The fraction of sp³-hybridized carbons (Fsp3) is 0.231. The Morgan fingerprint density at radius 3 is 2.72 bits per heavy atom. The van der Waals surface area contributed by atoms with Gasteiger partial charge in [0.25, 0.3) is 0 Å². The van der Waals surface area contributed by atoms with Gasteiger partial charge < -0.3 is 14.4 Å². The van der Waals surface area contributed by atoms with E-state index in [0.29, 0.717) is 6.54 Å². The molecule has 1 aromatic carbocycles. The van der Waals surface area contributed by atoms with Crippen molar-refractivity contribution in [3.8, 4) is 17.1 Å². The summed E-state index contributed by atoms with van der Waals surface area (Å²) in [4.78, 5) is 14.8. The van der Waals surface area contributed by atoms with Crippen molar-refractivity contribution in [1.82, 2.24) is 9.55 Å². The minimum absolute atomic E-state index is 0.0829. The van der Waals surface area contributed by atoms with Crippen molar-refractivity contribution >= 4 is 5.97 Å². The Bertz CT molecular complexity index is 531. The first-order valence-electron chi connectivity index (χ1n) is 5.58. The molecule has 0 aliphatic rings. The zero-order valence-corrected chi connectivity index (χ0v) is 10.0. The van der Waals surface area contributed by atoms with E-state index in [1.54, 1.807) is 19.5 Å². The first-order valence-corrected chi connectivity index (χ1v) is 5.58. The van der Waals surface area contributed by atoms with E-state index in [4.69, 9.17) is 9.84 Å². The summed E-state index contributed by atoms with van der Waals surface area (Å²) in [5.41, 5.74) is 0.936. The summed E-state index contributed by atoms with van der Waals surface area (Å²) < 4.78 is 6.92. The fourth-order valence-corrected chi connectivity index (χ4v) is 1.71. The molecule has 0 amide bonds. The molecule has 94 valence electrons. The molecule has 2 aromatic rings. The molecule has 5 heteroatoms. The van der Waals surface area contributed by atoms with Gasteiger partial charge in [0, 0.05) is 24.5 Å². The van der Waals surface area contributed by atoms with Gasteiger partial charge in [-0.05, 0) is 24.3 Å². The van der Waals surface area contributed by atoms with Crippen LogP contribution in [0.5, 0.6) is 5.75 Å². The van der Waals surface area contributed by atoms with E-state index in [-0.39, 0.29) is 6.42 Å². The third-order valence-corrected chi connectivity index (χ3v) is 2.63. The zero-order chi connectivity index (χ0) is 13.0. The van der Waals surface area contributed by atoms with Crippen molar-refractivity contribution in [3.63, 3.8) is 0 Å². The van der Waals surface area contributed by atoms with E-state index in [0.717, 1.165) is 17.1 Å². The molecule has 2 rings (SSSR count). The van der Waals surface area contributed by atoms with Crippen LogP contribution in [0.1, 0.15) is 6.42 Å². The molecule has 1 heterocycles. The number of carboxylic acids is 1. The molecular weight excluding hydrogens is 232 g/mol. The van der Waals surface area contributed by atoms with Gasteiger partial charge in [-0.25, -0.2) is 4.98 Å². The maximum absolute atomic E-state index is 10.6. The molecule has 18 heavy (non-hydrogen) atoms. The average Bonchev–Trinajstić information content (AvgIpc) is 2.85. The summed E-state index contributed by atoms with van der Waals surface area (Å²) in [5.74, 6) is 0.727. The van der Waals surface area contributed by atoms with Crippen molar-refractivity contribution in [2.75, 3.05) is 7.11 Å². The van der Waals surface area contributed by atoms with E-state index < -0.39 is 5.97 Å². The Morgan fingerprint density at radius 2 is 2.11 bits per heavy atom. The molecule has 1 N–H and O–H groups in total. The van der Waals surface area contributed by atoms with Gasteiger partial charge in [0.05, 0.1) is 13.5 Å². The van der Waals surface area contributed by atoms with Gasteiger partial charge in [-0.15, -0.1) is 0 Å². The highest BCUT2D eigenvalue weighted by Gasteiger charge is 2.07. The summed E-state index contributed by atoms with van der Waals surface area (Å²) in [6.07, 6.45) is 3.53. The molecule has 0 radical (unpaired) electrons. The number of aliphatic carboxylic acids is 1. The van der Waals surface area contributed by atoms with Crippen LogP contribution in [0.4, 0.5) is 0 Å². The number of hydrogen-bond donors (Lipinski definition) is 1. The second-order valence-corrected chi connectivity index (χ2v) is 3.82. The molecule has 0 saturated heterocycles. The minimum Gasteiger partial charge on any atom is -0.497 e. The van der Waals surface area contributed by atoms with Gasteiger partial charge in [0.2, 0.25) is 0 Å².